The fourth-order valence-electron chi connectivity index (χ4n) is 4.31. The topological polar surface area (TPSA) is 62.3 Å². The van der Waals surface area contributed by atoms with E-state index in [9.17, 15) is 9.59 Å². The summed E-state index contributed by atoms with van der Waals surface area (Å²) >= 11 is 0. The Morgan fingerprint density at radius 1 is 1.03 bits per heavy atom. The summed E-state index contributed by atoms with van der Waals surface area (Å²) in [5.41, 5.74) is 1.87. The quantitative estimate of drug-likeness (QED) is 0.715. The minimum Gasteiger partial charge on any atom is -0.497 e. The van der Waals surface area contributed by atoms with Gasteiger partial charge >= 0.3 is 0 Å². The summed E-state index contributed by atoms with van der Waals surface area (Å²) < 4.78 is 10.9. The Kier molecular flexibility index (Phi) is 6.30. The maximum absolute atomic E-state index is 13.1. The number of nitrogens with zero attached hydrogens (tertiary/aromatic N) is 3. The number of anilines is 2. The first-order valence-electron chi connectivity index (χ1n) is 10.8. The van der Waals surface area contributed by atoms with E-state index in [1.807, 2.05) is 54.3 Å². The second kappa shape index (κ2) is 9.29. The molecule has 2 aromatic rings. The maximum Gasteiger partial charge on any atom is 0.228 e. The van der Waals surface area contributed by atoms with Gasteiger partial charge in [0.2, 0.25) is 11.8 Å². The van der Waals surface area contributed by atoms with Gasteiger partial charge in [0.25, 0.3) is 0 Å². The van der Waals surface area contributed by atoms with Crippen LogP contribution in [0.25, 0.3) is 0 Å². The first kappa shape index (κ1) is 21.0. The molecule has 4 rings (SSSR count). The standard InChI is InChI=1S/C24H29N3O4/c1-3-31-22-7-5-4-6-21(22)25-12-14-26(15-13-25)24(29)18-16-23(28)27(17-18)19-8-10-20(30-2)11-9-19/h4-11,18H,3,12-17H2,1-2H3. The van der Waals surface area contributed by atoms with Crippen molar-refractivity contribution in [2.24, 2.45) is 5.92 Å². The van der Waals surface area contributed by atoms with Gasteiger partial charge in [0.1, 0.15) is 11.5 Å². The first-order chi connectivity index (χ1) is 15.1. The molecule has 2 heterocycles. The first-order valence-corrected chi connectivity index (χ1v) is 10.8. The number of ether oxygens (including phenoxy) is 2. The van der Waals surface area contributed by atoms with E-state index in [1.165, 1.54) is 0 Å². The summed E-state index contributed by atoms with van der Waals surface area (Å²) in [5.74, 6) is 1.39. The molecule has 0 radical (unpaired) electrons. The van der Waals surface area contributed by atoms with Crippen LogP contribution in [-0.2, 0) is 9.59 Å². The van der Waals surface area contributed by atoms with Gasteiger partial charge in [0.05, 0.1) is 25.3 Å². The number of hydrogen-bond donors (Lipinski definition) is 0. The van der Waals surface area contributed by atoms with Crippen molar-refractivity contribution in [1.82, 2.24) is 4.90 Å². The summed E-state index contributed by atoms with van der Waals surface area (Å²) in [6.07, 6.45) is 0.262. The molecule has 1 unspecified atom stereocenters. The Balaban J connectivity index is 1.36. The fourth-order valence-corrected chi connectivity index (χ4v) is 4.31. The lowest BCUT2D eigenvalue weighted by Crippen LogP contribution is -2.50. The highest BCUT2D eigenvalue weighted by atomic mass is 16.5. The normalized spacial score (nSPS) is 19.0. The average molecular weight is 424 g/mol. The second-order valence-electron chi connectivity index (χ2n) is 7.82. The molecule has 1 atom stereocenters. The number of piperazine rings is 1. The molecule has 0 saturated carbocycles. The van der Waals surface area contributed by atoms with Gasteiger partial charge in [-0.05, 0) is 43.3 Å². The number of hydrogen-bond acceptors (Lipinski definition) is 5. The van der Waals surface area contributed by atoms with Crippen molar-refractivity contribution in [3.8, 4) is 11.5 Å². The Morgan fingerprint density at radius 2 is 1.74 bits per heavy atom. The van der Waals surface area contributed by atoms with Crippen LogP contribution in [0.15, 0.2) is 48.5 Å². The molecule has 2 aromatic carbocycles. The molecule has 0 bridgehead atoms. The van der Waals surface area contributed by atoms with Gasteiger partial charge in [0.15, 0.2) is 0 Å². The van der Waals surface area contributed by atoms with Gasteiger partial charge in [0, 0.05) is 44.8 Å². The third-order valence-electron chi connectivity index (χ3n) is 5.96. The minimum atomic E-state index is -0.295. The summed E-state index contributed by atoms with van der Waals surface area (Å²) in [4.78, 5) is 31.5. The van der Waals surface area contributed by atoms with Gasteiger partial charge in [-0.15, -0.1) is 0 Å². The molecule has 2 aliphatic rings. The van der Waals surface area contributed by atoms with Crippen LogP contribution in [-0.4, -0.2) is 63.2 Å². The van der Waals surface area contributed by atoms with E-state index in [2.05, 4.69) is 11.0 Å². The molecule has 2 amide bonds. The molecule has 2 aliphatic heterocycles. The predicted molar refractivity (Wildman–Crippen MR) is 120 cm³/mol. The van der Waals surface area contributed by atoms with Crippen LogP contribution in [0, 0.1) is 5.92 Å². The van der Waals surface area contributed by atoms with Crippen LogP contribution in [0.5, 0.6) is 11.5 Å². The summed E-state index contributed by atoms with van der Waals surface area (Å²) in [7, 11) is 1.61. The van der Waals surface area contributed by atoms with E-state index in [0.29, 0.717) is 26.2 Å². The zero-order chi connectivity index (χ0) is 21.8. The van der Waals surface area contributed by atoms with Crippen LogP contribution in [0.1, 0.15) is 13.3 Å². The smallest absolute Gasteiger partial charge is 0.228 e. The third kappa shape index (κ3) is 4.45. The SMILES string of the molecule is CCOc1ccccc1N1CCN(C(=O)C2CC(=O)N(c3ccc(OC)cc3)C2)CC1. The maximum atomic E-state index is 13.1. The minimum absolute atomic E-state index is 0.00667. The molecule has 2 saturated heterocycles. The van der Waals surface area contributed by atoms with E-state index in [0.717, 1.165) is 36.0 Å². The number of methoxy groups -OCH3 is 1. The lowest BCUT2D eigenvalue weighted by Gasteiger charge is -2.37. The molecule has 0 aliphatic carbocycles. The number of para-hydroxylation sites is 2. The molecule has 7 heteroatoms. The molecular weight excluding hydrogens is 394 g/mol. The van der Waals surface area contributed by atoms with Gasteiger partial charge in [-0.2, -0.15) is 0 Å². The Hall–Kier alpha value is -3.22. The molecule has 7 nitrogen and oxygen atoms in total. The van der Waals surface area contributed by atoms with Crippen molar-refractivity contribution in [3.63, 3.8) is 0 Å². The molecule has 0 N–H and O–H groups in total. The zero-order valence-corrected chi connectivity index (χ0v) is 18.1. The number of rotatable bonds is 6. The molecule has 164 valence electrons. The fraction of sp³-hybridized carbons (Fsp3) is 0.417. The van der Waals surface area contributed by atoms with Gasteiger partial charge in [-0.3, -0.25) is 9.59 Å². The number of amides is 2. The summed E-state index contributed by atoms with van der Waals surface area (Å²) in [6, 6.07) is 15.4. The summed E-state index contributed by atoms with van der Waals surface area (Å²) in [5, 5.41) is 0. The van der Waals surface area contributed by atoms with Crippen molar-refractivity contribution in [2.45, 2.75) is 13.3 Å². The van der Waals surface area contributed by atoms with Gasteiger partial charge < -0.3 is 24.2 Å². The van der Waals surface area contributed by atoms with Crippen molar-refractivity contribution in [1.29, 1.82) is 0 Å². The van der Waals surface area contributed by atoms with Crippen molar-refractivity contribution in [3.05, 3.63) is 48.5 Å². The lowest BCUT2D eigenvalue weighted by atomic mass is 10.1. The Labute approximate surface area is 183 Å². The molecule has 0 spiro atoms. The zero-order valence-electron chi connectivity index (χ0n) is 18.1. The van der Waals surface area contributed by atoms with E-state index in [1.54, 1.807) is 12.0 Å². The number of benzene rings is 2. The second-order valence-corrected chi connectivity index (χ2v) is 7.82. The van der Waals surface area contributed by atoms with Crippen LogP contribution in [0.3, 0.4) is 0 Å². The largest absolute Gasteiger partial charge is 0.497 e. The average Bonchev–Trinajstić information content (AvgIpc) is 3.21. The molecule has 0 aromatic heterocycles. The van der Waals surface area contributed by atoms with Crippen LogP contribution in [0.4, 0.5) is 11.4 Å². The highest BCUT2D eigenvalue weighted by Crippen LogP contribution is 2.31. The highest BCUT2D eigenvalue weighted by Gasteiger charge is 2.38. The van der Waals surface area contributed by atoms with E-state index >= 15 is 0 Å². The number of carbonyl (C=O) groups is 2. The highest BCUT2D eigenvalue weighted by molar-refractivity contribution is 6.00. The van der Waals surface area contributed by atoms with Crippen LogP contribution in [0.2, 0.25) is 0 Å². The monoisotopic (exact) mass is 423 g/mol. The van der Waals surface area contributed by atoms with E-state index in [-0.39, 0.29) is 24.2 Å². The van der Waals surface area contributed by atoms with Crippen LogP contribution < -0.4 is 19.3 Å². The predicted octanol–water partition coefficient (Wildman–Crippen LogP) is 2.80. The van der Waals surface area contributed by atoms with Crippen molar-refractivity contribution >= 4 is 23.2 Å². The van der Waals surface area contributed by atoms with Crippen LogP contribution >= 0.6 is 0 Å². The lowest BCUT2D eigenvalue weighted by molar-refractivity contribution is -0.136. The van der Waals surface area contributed by atoms with E-state index < -0.39 is 0 Å². The summed E-state index contributed by atoms with van der Waals surface area (Å²) in [6.45, 7) is 5.81. The third-order valence-corrected chi connectivity index (χ3v) is 5.96. The van der Waals surface area contributed by atoms with E-state index in [4.69, 9.17) is 9.47 Å². The van der Waals surface area contributed by atoms with Gasteiger partial charge in [-0.25, -0.2) is 0 Å². The number of carbonyl (C=O) groups excluding carboxylic acids is 2. The molecule has 31 heavy (non-hydrogen) atoms. The van der Waals surface area contributed by atoms with Crippen molar-refractivity contribution < 1.29 is 19.1 Å². The molecular formula is C24H29N3O4. The Morgan fingerprint density at radius 3 is 2.42 bits per heavy atom. The molecule has 2 fully saturated rings. The van der Waals surface area contributed by atoms with Crippen molar-refractivity contribution in [2.75, 3.05) is 56.2 Å². The van der Waals surface area contributed by atoms with Gasteiger partial charge in [-0.1, -0.05) is 12.1 Å². The Bertz CT molecular complexity index is 923.